The van der Waals surface area contributed by atoms with Gasteiger partial charge in [0.15, 0.2) is 5.75 Å². The minimum Gasteiger partial charge on any atom is -0.503 e. The van der Waals surface area contributed by atoms with E-state index < -0.39 is 5.97 Å². The van der Waals surface area contributed by atoms with Crippen LogP contribution in [-0.4, -0.2) is 38.7 Å². The maximum absolute atomic E-state index is 11.9. The third kappa shape index (κ3) is 3.50. The molecule has 0 aromatic carbocycles. The number of hydrogen-bond acceptors (Lipinski definition) is 4. The molecule has 6 heteroatoms. The highest BCUT2D eigenvalue weighted by Gasteiger charge is 2.26. The van der Waals surface area contributed by atoms with E-state index in [1.165, 1.54) is 6.07 Å². The number of hydrogen-bond donors (Lipinski definition) is 2. The summed E-state index contributed by atoms with van der Waals surface area (Å²) in [6, 6.07) is 1.45. The smallest absolute Gasteiger partial charge is 0.307 e. The van der Waals surface area contributed by atoms with Crippen LogP contribution in [0.5, 0.6) is 5.75 Å². The zero-order valence-corrected chi connectivity index (χ0v) is 13.2. The molecule has 1 aromatic rings. The van der Waals surface area contributed by atoms with Crippen LogP contribution in [0.3, 0.4) is 0 Å². The number of aromatic hydroxyl groups is 1. The standard InChI is InChI=1S/C16H24N2O4/c1-3-6-18-11(2)8-14(19)15(20)13(18)10-17-7-4-5-12(9-17)16(21)22/h8,12,20H,3-7,9-10H2,1-2H3,(H,21,22). The molecule has 1 aromatic heterocycles. The van der Waals surface area contributed by atoms with E-state index in [0.717, 1.165) is 31.6 Å². The van der Waals surface area contributed by atoms with Crippen LogP contribution in [-0.2, 0) is 17.9 Å². The Labute approximate surface area is 130 Å². The van der Waals surface area contributed by atoms with E-state index in [0.29, 0.717) is 25.2 Å². The fourth-order valence-corrected chi connectivity index (χ4v) is 3.13. The molecule has 1 aliphatic rings. The molecule has 1 saturated heterocycles. The normalized spacial score (nSPS) is 19.3. The molecule has 122 valence electrons. The number of likely N-dealkylation sites (tertiary alicyclic amines) is 1. The summed E-state index contributed by atoms with van der Waals surface area (Å²) in [6.45, 7) is 6.29. The van der Waals surface area contributed by atoms with E-state index in [2.05, 4.69) is 0 Å². The highest BCUT2D eigenvalue weighted by atomic mass is 16.4. The molecule has 6 nitrogen and oxygen atoms in total. The van der Waals surface area contributed by atoms with E-state index in [9.17, 15) is 19.8 Å². The molecule has 0 spiro atoms. The van der Waals surface area contributed by atoms with Crippen LogP contribution in [0.25, 0.3) is 0 Å². The van der Waals surface area contributed by atoms with Crippen LogP contribution < -0.4 is 5.43 Å². The molecule has 1 unspecified atom stereocenters. The number of carboxylic acid groups (broad SMARTS) is 1. The fraction of sp³-hybridized carbons (Fsp3) is 0.625. The van der Waals surface area contributed by atoms with Crippen molar-refractivity contribution in [2.24, 2.45) is 5.92 Å². The van der Waals surface area contributed by atoms with Crippen LogP contribution in [0.1, 0.15) is 37.6 Å². The van der Waals surface area contributed by atoms with Gasteiger partial charge in [-0.25, -0.2) is 0 Å². The van der Waals surface area contributed by atoms with Crippen LogP contribution >= 0.6 is 0 Å². The maximum Gasteiger partial charge on any atom is 0.307 e. The van der Waals surface area contributed by atoms with Crippen LogP contribution in [0, 0.1) is 12.8 Å². The Kier molecular flexibility index (Phi) is 5.24. The Morgan fingerprint density at radius 2 is 2.18 bits per heavy atom. The molecular formula is C16H24N2O4. The quantitative estimate of drug-likeness (QED) is 0.863. The lowest BCUT2D eigenvalue weighted by molar-refractivity contribution is -0.143. The average Bonchev–Trinajstić information content (AvgIpc) is 2.48. The minimum absolute atomic E-state index is 0.212. The van der Waals surface area contributed by atoms with Gasteiger partial charge in [0.2, 0.25) is 5.43 Å². The van der Waals surface area contributed by atoms with Gasteiger partial charge in [-0.3, -0.25) is 14.5 Å². The Morgan fingerprint density at radius 3 is 2.82 bits per heavy atom. The van der Waals surface area contributed by atoms with Gasteiger partial charge in [0.25, 0.3) is 0 Å². The van der Waals surface area contributed by atoms with Crippen molar-refractivity contribution in [3.8, 4) is 5.75 Å². The zero-order valence-electron chi connectivity index (χ0n) is 13.2. The molecular weight excluding hydrogens is 284 g/mol. The summed E-state index contributed by atoms with van der Waals surface area (Å²) in [5.41, 5.74) is 1.05. The molecule has 0 aliphatic carbocycles. The second kappa shape index (κ2) is 6.96. The van der Waals surface area contributed by atoms with Crippen molar-refractivity contribution in [3.05, 3.63) is 27.7 Å². The highest BCUT2D eigenvalue weighted by Crippen LogP contribution is 2.22. The minimum atomic E-state index is -0.774. The van der Waals surface area contributed by atoms with Crippen molar-refractivity contribution < 1.29 is 15.0 Å². The molecule has 0 bridgehead atoms. The van der Waals surface area contributed by atoms with Crippen molar-refractivity contribution in [1.82, 2.24) is 9.47 Å². The predicted molar refractivity (Wildman–Crippen MR) is 83.0 cm³/mol. The van der Waals surface area contributed by atoms with E-state index in [1.54, 1.807) is 0 Å². The third-order valence-corrected chi connectivity index (χ3v) is 4.27. The number of rotatable bonds is 5. The van der Waals surface area contributed by atoms with E-state index in [-0.39, 0.29) is 17.1 Å². The predicted octanol–water partition coefficient (Wildman–Crippen LogP) is 1.57. The molecule has 2 rings (SSSR count). The largest absolute Gasteiger partial charge is 0.503 e. The number of carbonyl (C=O) groups is 1. The van der Waals surface area contributed by atoms with Gasteiger partial charge in [-0.1, -0.05) is 6.92 Å². The molecule has 22 heavy (non-hydrogen) atoms. The van der Waals surface area contributed by atoms with Crippen LogP contribution in [0.4, 0.5) is 0 Å². The van der Waals surface area contributed by atoms with Gasteiger partial charge in [-0.05, 0) is 32.7 Å². The van der Waals surface area contributed by atoms with Gasteiger partial charge < -0.3 is 14.8 Å². The first-order valence-electron chi connectivity index (χ1n) is 7.81. The number of pyridine rings is 1. The second-order valence-electron chi connectivity index (χ2n) is 6.01. The molecule has 0 radical (unpaired) electrons. The SMILES string of the molecule is CCCn1c(C)cc(=O)c(O)c1CN1CCCC(C(=O)O)C1. The first-order valence-corrected chi connectivity index (χ1v) is 7.81. The number of piperidine rings is 1. The Balaban J connectivity index is 2.28. The summed E-state index contributed by atoms with van der Waals surface area (Å²) in [6.07, 6.45) is 2.41. The molecule has 1 aliphatic heterocycles. The van der Waals surface area contributed by atoms with Gasteiger partial charge in [0, 0.05) is 31.4 Å². The Hall–Kier alpha value is -1.82. The second-order valence-corrected chi connectivity index (χ2v) is 6.01. The van der Waals surface area contributed by atoms with E-state index in [4.69, 9.17) is 0 Å². The van der Waals surface area contributed by atoms with Crippen LogP contribution in [0.15, 0.2) is 10.9 Å². The van der Waals surface area contributed by atoms with Crippen molar-refractivity contribution in [2.75, 3.05) is 13.1 Å². The van der Waals surface area contributed by atoms with E-state index in [1.807, 2.05) is 23.3 Å². The van der Waals surface area contributed by atoms with Gasteiger partial charge in [0.1, 0.15) is 0 Å². The molecule has 0 amide bonds. The number of aliphatic carboxylic acids is 1. The average molecular weight is 308 g/mol. The first-order chi connectivity index (χ1) is 10.4. The molecule has 1 atom stereocenters. The lowest BCUT2D eigenvalue weighted by Crippen LogP contribution is -2.39. The number of carboxylic acids is 1. The molecule has 2 N–H and O–H groups in total. The third-order valence-electron chi connectivity index (χ3n) is 4.27. The first kappa shape index (κ1) is 16.5. The lowest BCUT2D eigenvalue weighted by Gasteiger charge is -2.31. The Morgan fingerprint density at radius 1 is 1.45 bits per heavy atom. The maximum atomic E-state index is 11.9. The van der Waals surface area contributed by atoms with Gasteiger partial charge >= 0.3 is 5.97 Å². The van der Waals surface area contributed by atoms with Gasteiger partial charge in [0.05, 0.1) is 11.6 Å². The number of nitrogens with zero attached hydrogens (tertiary/aromatic N) is 2. The topological polar surface area (TPSA) is 82.8 Å². The number of aryl methyl sites for hydroxylation is 1. The highest BCUT2D eigenvalue weighted by molar-refractivity contribution is 5.70. The van der Waals surface area contributed by atoms with Crippen molar-refractivity contribution in [2.45, 2.75) is 46.2 Å². The van der Waals surface area contributed by atoms with E-state index >= 15 is 0 Å². The summed E-state index contributed by atoms with van der Waals surface area (Å²) in [5, 5.41) is 19.3. The molecule has 0 saturated carbocycles. The molecule has 1 fully saturated rings. The fourth-order valence-electron chi connectivity index (χ4n) is 3.13. The monoisotopic (exact) mass is 308 g/mol. The summed E-state index contributed by atoms with van der Waals surface area (Å²) >= 11 is 0. The summed E-state index contributed by atoms with van der Waals surface area (Å²) < 4.78 is 1.96. The summed E-state index contributed by atoms with van der Waals surface area (Å²) in [7, 11) is 0. The van der Waals surface area contributed by atoms with Gasteiger partial charge in [-0.2, -0.15) is 0 Å². The summed E-state index contributed by atoms with van der Waals surface area (Å²) in [4.78, 5) is 25.0. The Bertz CT molecular complexity index is 609. The van der Waals surface area contributed by atoms with Crippen LogP contribution in [0.2, 0.25) is 0 Å². The lowest BCUT2D eigenvalue weighted by atomic mass is 9.98. The van der Waals surface area contributed by atoms with Crippen molar-refractivity contribution in [3.63, 3.8) is 0 Å². The van der Waals surface area contributed by atoms with Gasteiger partial charge in [-0.15, -0.1) is 0 Å². The zero-order chi connectivity index (χ0) is 16.3. The van der Waals surface area contributed by atoms with Crippen molar-refractivity contribution in [1.29, 1.82) is 0 Å². The molecule has 2 heterocycles. The van der Waals surface area contributed by atoms with Crippen molar-refractivity contribution >= 4 is 5.97 Å². The summed E-state index contributed by atoms with van der Waals surface area (Å²) in [5.74, 6) is -1.35. The number of aromatic nitrogens is 1.